The molecule has 0 aliphatic heterocycles. The fourth-order valence-corrected chi connectivity index (χ4v) is 3.00. The summed E-state index contributed by atoms with van der Waals surface area (Å²) in [5.41, 5.74) is 1.88. The van der Waals surface area contributed by atoms with Crippen LogP contribution in [0, 0.1) is 0 Å². The Hall–Kier alpha value is -2.86. The molecule has 0 atom stereocenters. The highest BCUT2D eigenvalue weighted by molar-refractivity contribution is 6.30. The van der Waals surface area contributed by atoms with Crippen LogP contribution in [0.2, 0.25) is 10.0 Å². The molecule has 0 bridgehead atoms. The summed E-state index contributed by atoms with van der Waals surface area (Å²) in [6.45, 7) is 0. The zero-order chi connectivity index (χ0) is 20.9. The average molecular weight is 429 g/mol. The van der Waals surface area contributed by atoms with Gasteiger partial charge >= 0.3 is 0 Å². The lowest BCUT2D eigenvalue weighted by atomic mass is 9.85. The van der Waals surface area contributed by atoms with Crippen molar-refractivity contribution >= 4 is 35.3 Å². The molecule has 0 unspecified atom stereocenters. The Morgan fingerprint density at radius 3 is 1.86 bits per heavy atom. The third kappa shape index (κ3) is 4.77. The number of carbonyl (C=O) groups excluding carboxylic acids is 1. The summed E-state index contributed by atoms with van der Waals surface area (Å²) >= 11 is 11.9. The maximum absolute atomic E-state index is 13.0. The molecule has 3 rings (SSSR count). The summed E-state index contributed by atoms with van der Waals surface area (Å²) in [5.74, 6) is -0.00190. The van der Waals surface area contributed by atoms with Gasteiger partial charge in [0.2, 0.25) is 0 Å². The van der Waals surface area contributed by atoms with E-state index >= 15 is 0 Å². The number of methoxy groups -OCH3 is 1. The van der Waals surface area contributed by atoms with Crippen molar-refractivity contribution < 1.29 is 14.6 Å². The summed E-state index contributed by atoms with van der Waals surface area (Å²) in [6, 6.07) is 19.9. The van der Waals surface area contributed by atoms with E-state index in [1.165, 1.54) is 6.21 Å². The lowest BCUT2D eigenvalue weighted by molar-refractivity contribution is -0.136. The number of halogens is 2. The van der Waals surface area contributed by atoms with Crippen LogP contribution in [-0.4, -0.2) is 24.3 Å². The zero-order valence-electron chi connectivity index (χ0n) is 15.5. The van der Waals surface area contributed by atoms with E-state index in [2.05, 4.69) is 10.5 Å². The molecule has 0 aliphatic carbocycles. The number of hydrogen-bond acceptors (Lipinski definition) is 4. The molecule has 0 spiro atoms. The second kappa shape index (κ2) is 9.09. The molecule has 0 saturated carbocycles. The maximum atomic E-state index is 13.0. The van der Waals surface area contributed by atoms with Gasteiger partial charge in [0.1, 0.15) is 5.75 Å². The molecule has 7 heteroatoms. The number of amides is 1. The Balaban J connectivity index is 1.88. The standard InChI is InChI=1S/C22H18Cl2N2O3/c1-29-20-12-2-15(3-13-20)14-25-26-21(27)22(28,16-4-8-18(23)9-5-16)17-6-10-19(24)11-7-17/h2-14,28H,1H3,(H,26,27)/b25-14-. The molecule has 5 nitrogen and oxygen atoms in total. The second-order valence-electron chi connectivity index (χ2n) is 6.20. The molecule has 29 heavy (non-hydrogen) atoms. The number of hydrogen-bond donors (Lipinski definition) is 2. The van der Waals surface area contributed by atoms with Crippen LogP contribution in [0.15, 0.2) is 77.9 Å². The van der Waals surface area contributed by atoms with E-state index in [0.29, 0.717) is 26.9 Å². The molecule has 3 aromatic carbocycles. The van der Waals surface area contributed by atoms with Crippen LogP contribution in [0.5, 0.6) is 5.75 Å². The Morgan fingerprint density at radius 1 is 0.931 bits per heavy atom. The quantitative estimate of drug-likeness (QED) is 0.451. The van der Waals surface area contributed by atoms with Gasteiger partial charge in [0, 0.05) is 10.0 Å². The zero-order valence-corrected chi connectivity index (χ0v) is 17.0. The first-order valence-electron chi connectivity index (χ1n) is 8.65. The van der Waals surface area contributed by atoms with Crippen LogP contribution in [0.3, 0.4) is 0 Å². The van der Waals surface area contributed by atoms with Crippen molar-refractivity contribution in [3.63, 3.8) is 0 Å². The van der Waals surface area contributed by atoms with E-state index in [1.54, 1.807) is 79.9 Å². The van der Waals surface area contributed by atoms with Gasteiger partial charge < -0.3 is 9.84 Å². The minimum Gasteiger partial charge on any atom is -0.497 e. The maximum Gasteiger partial charge on any atom is 0.281 e. The molecule has 148 valence electrons. The van der Waals surface area contributed by atoms with Crippen molar-refractivity contribution in [1.29, 1.82) is 0 Å². The molecular weight excluding hydrogens is 411 g/mol. The highest BCUT2D eigenvalue weighted by Crippen LogP contribution is 2.31. The van der Waals surface area contributed by atoms with Crippen molar-refractivity contribution in [3.8, 4) is 5.75 Å². The van der Waals surface area contributed by atoms with Gasteiger partial charge in [-0.3, -0.25) is 4.79 Å². The highest BCUT2D eigenvalue weighted by atomic mass is 35.5. The van der Waals surface area contributed by atoms with Crippen LogP contribution in [0.25, 0.3) is 0 Å². The monoisotopic (exact) mass is 428 g/mol. The number of nitrogens with zero attached hydrogens (tertiary/aromatic N) is 1. The van der Waals surface area contributed by atoms with Crippen LogP contribution in [0.1, 0.15) is 16.7 Å². The molecule has 0 radical (unpaired) electrons. The van der Waals surface area contributed by atoms with Crippen LogP contribution in [-0.2, 0) is 10.4 Å². The Morgan fingerprint density at radius 2 is 1.41 bits per heavy atom. The molecule has 0 fully saturated rings. The Kier molecular flexibility index (Phi) is 6.54. The second-order valence-corrected chi connectivity index (χ2v) is 7.07. The molecule has 0 saturated heterocycles. The van der Waals surface area contributed by atoms with Gasteiger partial charge in [-0.25, -0.2) is 5.43 Å². The smallest absolute Gasteiger partial charge is 0.281 e. The molecule has 0 heterocycles. The van der Waals surface area contributed by atoms with Gasteiger partial charge in [0.25, 0.3) is 5.91 Å². The van der Waals surface area contributed by atoms with E-state index in [9.17, 15) is 9.90 Å². The Bertz CT molecular complexity index is 956. The van der Waals surface area contributed by atoms with Crippen LogP contribution in [0.4, 0.5) is 0 Å². The fourth-order valence-electron chi connectivity index (χ4n) is 2.75. The first-order chi connectivity index (χ1) is 13.9. The molecule has 1 amide bonds. The van der Waals surface area contributed by atoms with Gasteiger partial charge in [0.05, 0.1) is 13.3 Å². The molecule has 3 aromatic rings. The van der Waals surface area contributed by atoms with Gasteiger partial charge in [-0.05, 0) is 65.2 Å². The lowest BCUT2D eigenvalue weighted by Gasteiger charge is -2.27. The van der Waals surface area contributed by atoms with Gasteiger partial charge in [0.15, 0.2) is 5.60 Å². The first-order valence-corrected chi connectivity index (χ1v) is 9.41. The molecule has 2 N–H and O–H groups in total. The number of hydrazone groups is 1. The van der Waals surface area contributed by atoms with Crippen LogP contribution < -0.4 is 10.2 Å². The summed E-state index contributed by atoms with van der Waals surface area (Å²) in [5, 5.41) is 16.3. The van der Waals surface area contributed by atoms with Crippen molar-refractivity contribution in [1.82, 2.24) is 5.43 Å². The van der Waals surface area contributed by atoms with E-state index in [4.69, 9.17) is 27.9 Å². The van der Waals surface area contributed by atoms with Gasteiger partial charge in [-0.2, -0.15) is 5.10 Å². The van der Waals surface area contributed by atoms with E-state index in [1.807, 2.05) is 0 Å². The van der Waals surface area contributed by atoms with Gasteiger partial charge in [-0.15, -0.1) is 0 Å². The van der Waals surface area contributed by atoms with E-state index in [0.717, 1.165) is 5.56 Å². The first kappa shape index (κ1) is 20.9. The number of ether oxygens (including phenoxy) is 1. The number of benzene rings is 3. The lowest BCUT2D eigenvalue weighted by Crippen LogP contribution is -2.43. The summed E-state index contributed by atoms with van der Waals surface area (Å²) in [4.78, 5) is 13.0. The van der Waals surface area contributed by atoms with Crippen molar-refractivity contribution in [2.75, 3.05) is 7.11 Å². The summed E-state index contributed by atoms with van der Waals surface area (Å²) in [6.07, 6.45) is 1.47. The minimum absolute atomic E-state index is 0.348. The third-order valence-corrected chi connectivity index (χ3v) is 4.85. The SMILES string of the molecule is COc1ccc(/C=N\NC(=O)C(O)(c2ccc(Cl)cc2)c2ccc(Cl)cc2)cc1. The summed E-state index contributed by atoms with van der Waals surface area (Å²) < 4.78 is 5.11. The Labute approximate surface area is 178 Å². The number of rotatable bonds is 6. The van der Waals surface area contributed by atoms with Gasteiger partial charge in [-0.1, -0.05) is 47.5 Å². The van der Waals surface area contributed by atoms with Crippen LogP contribution >= 0.6 is 23.2 Å². The predicted octanol–water partition coefficient (Wildman–Crippen LogP) is 4.39. The molecule has 0 aromatic heterocycles. The topological polar surface area (TPSA) is 70.9 Å². The predicted molar refractivity (Wildman–Crippen MR) is 115 cm³/mol. The van der Waals surface area contributed by atoms with Crippen molar-refractivity contribution in [2.45, 2.75) is 5.60 Å². The molecule has 0 aliphatic rings. The van der Waals surface area contributed by atoms with E-state index in [-0.39, 0.29) is 0 Å². The minimum atomic E-state index is -1.98. The molecular formula is C22H18Cl2N2O3. The number of aliphatic hydroxyl groups is 1. The normalized spacial score (nSPS) is 11.4. The van der Waals surface area contributed by atoms with E-state index < -0.39 is 11.5 Å². The largest absolute Gasteiger partial charge is 0.497 e. The highest BCUT2D eigenvalue weighted by Gasteiger charge is 2.40. The summed E-state index contributed by atoms with van der Waals surface area (Å²) in [7, 11) is 1.58. The number of nitrogens with one attached hydrogen (secondary N) is 1. The van der Waals surface area contributed by atoms with Crippen molar-refractivity contribution in [3.05, 3.63) is 99.5 Å². The fraction of sp³-hybridized carbons (Fsp3) is 0.0909. The van der Waals surface area contributed by atoms with Crippen molar-refractivity contribution in [2.24, 2.45) is 5.10 Å². The average Bonchev–Trinajstić information content (AvgIpc) is 2.74. The third-order valence-electron chi connectivity index (χ3n) is 4.35. The number of carbonyl (C=O) groups is 1.